The van der Waals surface area contributed by atoms with Crippen molar-refractivity contribution in [1.82, 2.24) is 4.98 Å². The third kappa shape index (κ3) is 4.49. The van der Waals surface area contributed by atoms with Crippen molar-refractivity contribution in [2.75, 3.05) is 12.4 Å². The van der Waals surface area contributed by atoms with Gasteiger partial charge in [-0.15, -0.1) is 0 Å². The maximum Gasteiger partial charge on any atom is 0.339 e. The number of aromatic nitrogens is 1. The molecule has 1 aromatic heterocycles. The number of rotatable bonds is 5. The van der Waals surface area contributed by atoms with Crippen LogP contribution in [0.15, 0.2) is 66.9 Å². The summed E-state index contributed by atoms with van der Waals surface area (Å²) < 4.78 is 10.5. The van der Waals surface area contributed by atoms with E-state index in [0.29, 0.717) is 17.2 Å². The van der Waals surface area contributed by atoms with Gasteiger partial charge in [0.25, 0.3) is 5.91 Å². The summed E-state index contributed by atoms with van der Waals surface area (Å²) in [4.78, 5) is 27.9. The standard InChI is InChI=1S/C21H18N2O4/c1-14-7-10-16(11-8-14)27-19-6-4-3-5-17(19)23-20(24)18-12-9-15(13-22-18)21(25)26-2/h3-13H,1-2H3,(H,23,24). The van der Waals surface area contributed by atoms with E-state index in [1.165, 1.54) is 25.4 Å². The smallest absolute Gasteiger partial charge is 0.339 e. The van der Waals surface area contributed by atoms with Gasteiger partial charge in [-0.2, -0.15) is 0 Å². The monoisotopic (exact) mass is 362 g/mol. The molecule has 136 valence electrons. The predicted octanol–water partition coefficient (Wildman–Crippen LogP) is 4.22. The van der Waals surface area contributed by atoms with E-state index in [2.05, 4.69) is 15.0 Å². The molecule has 0 fully saturated rings. The molecule has 0 saturated heterocycles. The largest absolute Gasteiger partial charge is 0.465 e. The lowest BCUT2D eigenvalue weighted by Crippen LogP contribution is -2.14. The van der Waals surface area contributed by atoms with Gasteiger partial charge >= 0.3 is 5.97 Å². The average Bonchev–Trinajstić information content (AvgIpc) is 2.70. The summed E-state index contributed by atoms with van der Waals surface area (Å²) in [6.45, 7) is 2.00. The number of hydrogen-bond donors (Lipinski definition) is 1. The Hall–Kier alpha value is -3.67. The molecule has 0 radical (unpaired) electrons. The number of pyridine rings is 1. The first kappa shape index (κ1) is 18.1. The van der Waals surface area contributed by atoms with Gasteiger partial charge in [-0.3, -0.25) is 9.78 Å². The topological polar surface area (TPSA) is 77.5 Å². The van der Waals surface area contributed by atoms with Crippen LogP contribution in [0, 0.1) is 6.92 Å². The van der Waals surface area contributed by atoms with Gasteiger partial charge in [-0.1, -0.05) is 29.8 Å². The average molecular weight is 362 g/mol. The number of ether oxygens (including phenoxy) is 2. The number of hydrogen-bond acceptors (Lipinski definition) is 5. The minimum absolute atomic E-state index is 0.174. The SMILES string of the molecule is COC(=O)c1ccc(C(=O)Nc2ccccc2Oc2ccc(C)cc2)nc1. The van der Waals surface area contributed by atoms with Crippen molar-refractivity contribution in [2.24, 2.45) is 0 Å². The third-order valence-electron chi connectivity index (χ3n) is 3.80. The van der Waals surface area contributed by atoms with Gasteiger partial charge in [0.2, 0.25) is 0 Å². The van der Waals surface area contributed by atoms with Crippen LogP contribution in [-0.4, -0.2) is 24.0 Å². The normalized spacial score (nSPS) is 10.1. The molecule has 0 spiro atoms. The summed E-state index contributed by atoms with van der Waals surface area (Å²) in [6.07, 6.45) is 1.30. The van der Waals surface area contributed by atoms with Gasteiger partial charge in [0.1, 0.15) is 11.4 Å². The molecular weight excluding hydrogens is 344 g/mol. The maximum atomic E-state index is 12.5. The minimum Gasteiger partial charge on any atom is -0.465 e. The molecule has 3 rings (SSSR count). The molecule has 0 aliphatic rings. The Morgan fingerprint density at radius 1 is 0.963 bits per heavy atom. The molecule has 0 bridgehead atoms. The van der Waals surface area contributed by atoms with E-state index in [4.69, 9.17) is 4.74 Å². The number of amides is 1. The van der Waals surface area contributed by atoms with Crippen LogP contribution in [0.5, 0.6) is 11.5 Å². The van der Waals surface area contributed by atoms with Gasteiger partial charge in [0.15, 0.2) is 5.75 Å². The second-order valence-electron chi connectivity index (χ2n) is 5.79. The Morgan fingerprint density at radius 2 is 1.70 bits per heavy atom. The lowest BCUT2D eigenvalue weighted by atomic mass is 10.2. The van der Waals surface area contributed by atoms with E-state index in [1.54, 1.807) is 18.2 Å². The van der Waals surface area contributed by atoms with Crippen molar-refractivity contribution in [1.29, 1.82) is 0 Å². The lowest BCUT2D eigenvalue weighted by molar-refractivity contribution is 0.0600. The highest BCUT2D eigenvalue weighted by Crippen LogP contribution is 2.29. The van der Waals surface area contributed by atoms with Crippen LogP contribution >= 0.6 is 0 Å². The van der Waals surface area contributed by atoms with Gasteiger partial charge < -0.3 is 14.8 Å². The molecule has 1 N–H and O–H groups in total. The highest BCUT2D eigenvalue weighted by molar-refractivity contribution is 6.04. The molecule has 2 aromatic carbocycles. The van der Waals surface area contributed by atoms with Crippen molar-refractivity contribution < 1.29 is 19.1 Å². The number of carbonyl (C=O) groups is 2. The number of anilines is 1. The Labute approximate surface area is 156 Å². The highest BCUT2D eigenvalue weighted by Gasteiger charge is 2.13. The molecule has 0 saturated carbocycles. The van der Waals surface area contributed by atoms with E-state index >= 15 is 0 Å². The fourth-order valence-corrected chi connectivity index (χ4v) is 2.35. The van der Waals surface area contributed by atoms with Crippen LogP contribution < -0.4 is 10.1 Å². The first-order valence-corrected chi connectivity index (χ1v) is 8.26. The van der Waals surface area contributed by atoms with Gasteiger partial charge in [-0.25, -0.2) is 4.79 Å². The van der Waals surface area contributed by atoms with Crippen molar-refractivity contribution in [3.05, 3.63) is 83.7 Å². The molecule has 0 atom stereocenters. The number of carbonyl (C=O) groups excluding carboxylic acids is 2. The highest BCUT2D eigenvalue weighted by atomic mass is 16.5. The first-order chi connectivity index (χ1) is 13.1. The predicted molar refractivity (Wildman–Crippen MR) is 101 cm³/mol. The Balaban J connectivity index is 1.76. The zero-order valence-corrected chi connectivity index (χ0v) is 14.9. The second-order valence-corrected chi connectivity index (χ2v) is 5.79. The number of para-hydroxylation sites is 2. The molecule has 3 aromatic rings. The zero-order valence-electron chi connectivity index (χ0n) is 14.9. The number of aryl methyl sites for hydroxylation is 1. The molecule has 0 unspecified atom stereocenters. The van der Waals surface area contributed by atoms with Crippen molar-refractivity contribution in [2.45, 2.75) is 6.92 Å². The molecule has 1 heterocycles. The zero-order chi connectivity index (χ0) is 19.2. The molecular formula is C21H18N2O4. The molecule has 6 nitrogen and oxygen atoms in total. The van der Waals surface area contributed by atoms with E-state index in [-0.39, 0.29) is 11.3 Å². The Morgan fingerprint density at radius 3 is 2.37 bits per heavy atom. The number of nitrogens with zero attached hydrogens (tertiary/aromatic N) is 1. The van der Waals surface area contributed by atoms with Crippen LogP contribution in [0.3, 0.4) is 0 Å². The van der Waals surface area contributed by atoms with E-state index in [9.17, 15) is 9.59 Å². The summed E-state index contributed by atoms with van der Waals surface area (Å²) in [5.41, 5.74) is 2.09. The lowest BCUT2D eigenvalue weighted by Gasteiger charge is -2.12. The molecule has 0 aliphatic heterocycles. The van der Waals surface area contributed by atoms with Crippen molar-refractivity contribution in [3.63, 3.8) is 0 Å². The van der Waals surface area contributed by atoms with E-state index in [1.807, 2.05) is 37.3 Å². The molecule has 0 aliphatic carbocycles. The van der Waals surface area contributed by atoms with Gasteiger partial charge in [0, 0.05) is 6.20 Å². The Kier molecular flexibility index (Phi) is 5.47. The van der Waals surface area contributed by atoms with Crippen LogP contribution in [0.25, 0.3) is 0 Å². The number of benzene rings is 2. The fraction of sp³-hybridized carbons (Fsp3) is 0.0952. The first-order valence-electron chi connectivity index (χ1n) is 8.26. The van der Waals surface area contributed by atoms with Crippen LogP contribution in [0.1, 0.15) is 26.4 Å². The summed E-state index contributed by atoms with van der Waals surface area (Å²) >= 11 is 0. The van der Waals surface area contributed by atoms with Gasteiger partial charge in [0.05, 0.1) is 18.4 Å². The van der Waals surface area contributed by atoms with E-state index < -0.39 is 11.9 Å². The third-order valence-corrected chi connectivity index (χ3v) is 3.80. The second kappa shape index (κ2) is 8.14. The maximum absolute atomic E-state index is 12.5. The fourth-order valence-electron chi connectivity index (χ4n) is 2.35. The Bertz CT molecular complexity index is 951. The summed E-state index contributed by atoms with van der Waals surface area (Å²) in [5.74, 6) is 0.265. The van der Waals surface area contributed by atoms with Crippen molar-refractivity contribution >= 4 is 17.6 Å². The molecule has 27 heavy (non-hydrogen) atoms. The number of nitrogens with one attached hydrogen (secondary N) is 1. The molecule has 6 heteroatoms. The summed E-state index contributed by atoms with van der Waals surface area (Å²) in [7, 11) is 1.29. The summed E-state index contributed by atoms with van der Waals surface area (Å²) in [5, 5.41) is 2.78. The number of esters is 1. The van der Waals surface area contributed by atoms with Crippen molar-refractivity contribution in [3.8, 4) is 11.5 Å². The minimum atomic E-state index is -0.508. The van der Waals surface area contributed by atoms with Crippen LogP contribution in [0.4, 0.5) is 5.69 Å². The van der Waals surface area contributed by atoms with E-state index in [0.717, 1.165) is 5.56 Å². The summed E-state index contributed by atoms with van der Waals surface area (Å²) in [6, 6.07) is 17.7. The van der Waals surface area contributed by atoms with Gasteiger partial charge in [-0.05, 0) is 43.3 Å². The number of methoxy groups -OCH3 is 1. The van der Waals surface area contributed by atoms with Crippen LogP contribution in [0.2, 0.25) is 0 Å². The van der Waals surface area contributed by atoms with Crippen LogP contribution in [-0.2, 0) is 4.74 Å². The quantitative estimate of drug-likeness (QED) is 0.688. The molecule has 1 amide bonds.